The zero-order chi connectivity index (χ0) is 18.6. The first-order valence-corrected chi connectivity index (χ1v) is 9.73. The van der Waals surface area contributed by atoms with Gasteiger partial charge >= 0.3 is 6.03 Å². The molecule has 1 aromatic heterocycles. The molecular formula is C20H27N5O2. The molecule has 27 heavy (non-hydrogen) atoms. The Bertz CT molecular complexity index is 759. The largest absolute Gasteiger partial charge is 0.396 e. The van der Waals surface area contributed by atoms with Crippen LogP contribution in [0.2, 0.25) is 0 Å². The molecule has 1 atom stereocenters. The maximum Gasteiger partial charge on any atom is 0.321 e. The minimum absolute atomic E-state index is 0.0780. The van der Waals surface area contributed by atoms with Crippen molar-refractivity contribution in [2.24, 2.45) is 5.92 Å². The Morgan fingerprint density at radius 1 is 1.30 bits per heavy atom. The van der Waals surface area contributed by atoms with Gasteiger partial charge in [-0.3, -0.25) is 10.00 Å². The van der Waals surface area contributed by atoms with E-state index < -0.39 is 0 Å². The molecule has 0 bridgehead atoms. The first-order chi connectivity index (χ1) is 13.2. The molecule has 2 fully saturated rings. The Hall–Kier alpha value is -2.38. The van der Waals surface area contributed by atoms with Crippen LogP contribution in [0.15, 0.2) is 36.5 Å². The van der Waals surface area contributed by atoms with Gasteiger partial charge in [0.2, 0.25) is 0 Å². The lowest BCUT2D eigenvalue weighted by Crippen LogP contribution is -2.56. The summed E-state index contributed by atoms with van der Waals surface area (Å²) in [5, 5.41) is 19.3. The van der Waals surface area contributed by atoms with Crippen molar-refractivity contribution in [3.63, 3.8) is 0 Å². The molecule has 7 heteroatoms. The van der Waals surface area contributed by atoms with E-state index in [1.165, 1.54) is 12.8 Å². The number of amides is 2. The SMILES string of the molecule is O=C(Nc1cccc(-c2ccn[nH]2)c1)N1CCN(CC2CC2)[C@@H](CCO)C1. The number of aromatic nitrogens is 2. The lowest BCUT2D eigenvalue weighted by molar-refractivity contribution is 0.0739. The lowest BCUT2D eigenvalue weighted by Gasteiger charge is -2.41. The van der Waals surface area contributed by atoms with E-state index in [1.54, 1.807) is 6.20 Å². The highest BCUT2D eigenvalue weighted by Crippen LogP contribution is 2.31. The second-order valence-electron chi connectivity index (χ2n) is 7.53. The van der Waals surface area contributed by atoms with Crippen LogP contribution in [-0.2, 0) is 0 Å². The quantitative estimate of drug-likeness (QED) is 0.730. The van der Waals surface area contributed by atoms with Gasteiger partial charge in [-0.1, -0.05) is 12.1 Å². The highest BCUT2D eigenvalue weighted by atomic mass is 16.3. The Morgan fingerprint density at radius 2 is 2.19 bits per heavy atom. The number of nitrogens with zero attached hydrogens (tertiary/aromatic N) is 3. The van der Waals surface area contributed by atoms with Gasteiger partial charge in [0.1, 0.15) is 0 Å². The highest BCUT2D eigenvalue weighted by Gasteiger charge is 2.33. The van der Waals surface area contributed by atoms with Gasteiger partial charge in [-0.05, 0) is 43.4 Å². The van der Waals surface area contributed by atoms with E-state index in [9.17, 15) is 9.90 Å². The third-order valence-electron chi connectivity index (χ3n) is 5.47. The van der Waals surface area contributed by atoms with E-state index in [-0.39, 0.29) is 18.7 Å². The second-order valence-corrected chi connectivity index (χ2v) is 7.53. The van der Waals surface area contributed by atoms with Gasteiger partial charge in [0.25, 0.3) is 0 Å². The predicted molar refractivity (Wildman–Crippen MR) is 104 cm³/mol. The second kappa shape index (κ2) is 8.10. The van der Waals surface area contributed by atoms with Crippen LogP contribution in [0.1, 0.15) is 19.3 Å². The van der Waals surface area contributed by atoms with Gasteiger partial charge in [-0.2, -0.15) is 5.10 Å². The smallest absolute Gasteiger partial charge is 0.321 e. The minimum Gasteiger partial charge on any atom is -0.396 e. The van der Waals surface area contributed by atoms with Crippen molar-refractivity contribution in [3.05, 3.63) is 36.5 Å². The molecule has 1 aliphatic heterocycles. The number of aliphatic hydroxyl groups is 1. The van der Waals surface area contributed by atoms with E-state index in [0.29, 0.717) is 13.0 Å². The van der Waals surface area contributed by atoms with Crippen LogP contribution < -0.4 is 5.32 Å². The molecule has 2 aromatic rings. The summed E-state index contributed by atoms with van der Waals surface area (Å²) >= 11 is 0. The van der Waals surface area contributed by atoms with Gasteiger partial charge in [0.15, 0.2) is 0 Å². The van der Waals surface area contributed by atoms with E-state index in [4.69, 9.17) is 0 Å². The van der Waals surface area contributed by atoms with Crippen molar-refractivity contribution in [2.75, 3.05) is 38.1 Å². The fourth-order valence-corrected chi connectivity index (χ4v) is 3.76. The number of carbonyl (C=O) groups is 1. The maximum atomic E-state index is 12.8. The Balaban J connectivity index is 1.38. The number of urea groups is 1. The maximum absolute atomic E-state index is 12.8. The zero-order valence-corrected chi connectivity index (χ0v) is 15.5. The fourth-order valence-electron chi connectivity index (χ4n) is 3.76. The number of H-pyrrole nitrogens is 1. The Labute approximate surface area is 159 Å². The molecule has 3 N–H and O–H groups in total. The Morgan fingerprint density at radius 3 is 2.93 bits per heavy atom. The molecule has 144 valence electrons. The third kappa shape index (κ3) is 4.48. The molecule has 2 heterocycles. The summed E-state index contributed by atoms with van der Waals surface area (Å²) < 4.78 is 0. The number of benzene rings is 1. The zero-order valence-electron chi connectivity index (χ0n) is 15.5. The number of hydrogen-bond donors (Lipinski definition) is 3. The molecule has 2 aliphatic rings. The molecule has 0 unspecified atom stereocenters. The number of piperazine rings is 1. The van der Waals surface area contributed by atoms with Crippen LogP contribution in [0.4, 0.5) is 10.5 Å². The number of anilines is 1. The molecule has 1 saturated heterocycles. The van der Waals surface area contributed by atoms with Crippen molar-refractivity contribution >= 4 is 11.7 Å². The van der Waals surface area contributed by atoms with Gasteiger partial charge in [-0.25, -0.2) is 4.79 Å². The van der Waals surface area contributed by atoms with Crippen molar-refractivity contribution in [3.8, 4) is 11.3 Å². The third-order valence-corrected chi connectivity index (χ3v) is 5.47. The first-order valence-electron chi connectivity index (χ1n) is 9.73. The number of aliphatic hydroxyl groups excluding tert-OH is 1. The van der Waals surface area contributed by atoms with E-state index in [1.807, 2.05) is 35.2 Å². The number of rotatable bonds is 6. The molecule has 1 saturated carbocycles. The van der Waals surface area contributed by atoms with Crippen LogP contribution in [0.5, 0.6) is 0 Å². The van der Waals surface area contributed by atoms with Crippen LogP contribution in [0.3, 0.4) is 0 Å². The lowest BCUT2D eigenvalue weighted by atomic mass is 10.1. The standard InChI is InChI=1S/C20H27N5O2/c26-11-7-18-14-25(10-9-24(18)13-15-4-5-15)20(27)22-17-3-1-2-16(12-17)19-6-8-21-23-19/h1-3,6,8,12,15,18,26H,4-5,7,9-11,13-14H2,(H,21,23)(H,22,27)/t18-/m0/s1. The fraction of sp³-hybridized carbons (Fsp3) is 0.500. The van der Waals surface area contributed by atoms with Crippen molar-refractivity contribution in [2.45, 2.75) is 25.3 Å². The van der Waals surface area contributed by atoms with Crippen LogP contribution in [-0.4, -0.2) is 70.0 Å². The summed E-state index contributed by atoms with van der Waals surface area (Å²) in [5.74, 6) is 0.816. The van der Waals surface area contributed by atoms with Gasteiger partial charge in [0.05, 0.1) is 5.69 Å². The summed E-state index contributed by atoms with van der Waals surface area (Å²) in [5.41, 5.74) is 2.67. The van der Waals surface area contributed by atoms with Crippen molar-refractivity contribution < 1.29 is 9.90 Å². The molecule has 7 nitrogen and oxygen atoms in total. The topological polar surface area (TPSA) is 84.5 Å². The number of hydrogen-bond acceptors (Lipinski definition) is 4. The molecule has 0 radical (unpaired) electrons. The highest BCUT2D eigenvalue weighted by molar-refractivity contribution is 5.90. The normalized spacial score (nSPS) is 20.6. The van der Waals surface area contributed by atoms with E-state index in [2.05, 4.69) is 20.4 Å². The van der Waals surface area contributed by atoms with Crippen LogP contribution in [0, 0.1) is 5.92 Å². The summed E-state index contributed by atoms with van der Waals surface area (Å²) in [4.78, 5) is 17.1. The number of aromatic amines is 1. The van der Waals surface area contributed by atoms with Crippen LogP contribution in [0.25, 0.3) is 11.3 Å². The molecule has 0 spiro atoms. The molecular weight excluding hydrogens is 342 g/mol. The van der Waals surface area contributed by atoms with Crippen molar-refractivity contribution in [1.29, 1.82) is 0 Å². The van der Waals surface area contributed by atoms with Crippen LogP contribution >= 0.6 is 0 Å². The molecule has 1 aromatic carbocycles. The molecule has 1 aliphatic carbocycles. The number of carbonyl (C=O) groups excluding carboxylic acids is 1. The average molecular weight is 369 g/mol. The summed E-state index contributed by atoms with van der Waals surface area (Å²) in [6.45, 7) is 3.53. The number of nitrogens with one attached hydrogen (secondary N) is 2. The minimum atomic E-state index is -0.0780. The molecule has 4 rings (SSSR count). The molecule has 2 amide bonds. The van der Waals surface area contributed by atoms with E-state index in [0.717, 1.165) is 42.5 Å². The van der Waals surface area contributed by atoms with Gasteiger partial charge in [-0.15, -0.1) is 0 Å². The summed E-state index contributed by atoms with van der Waals surface area (Å²) in [7, 11) is 0. The van der Waals surface area contributed by atoms with Gasteiger partial charge in [0, 0.05) is 56.3 Å². The monoisotopic (exact) mass is 369 g/mol. The average Bonchev–Trinajstić information content (AvgIpc) is 3.32. The first kappa shape index (κ1) is 18.0. The summed E-state index contributed by atoms with van der Waals surface area (Å²) in [6, 6.07) is 9.81. The van der Waals surface area contributed by atoms with Gasteiger partial charge < -0.3 is 15.3 Å². The Kier molecular flexibility index (Phi) is 5.40. The summed E-state index contributed by atoms with van der Waals surface area (Å²) in [6.07, 6.45) is 5.06. The predicted octanol–water partition coefficient (Wildman–Crippen LogP) is 2.39. The van der Waals surface area contributed by atoms with Crippen molar-refractivity contribution in [1.82, 2.24) is 20.0 Å². The van der Waals surface area contributed by atoms with E-state index >= 15 is 0 Å².